The third kappa shape index (κ3) is 5.10. The first-order valence-electron chi connectivity index (χ1n) is 15.0. The van der Waals surface area contributed by atoms with Crippen LogP contribution in [0.5, 0.6) is 5.75 Å². The first-order chi connectivity index (χ1) is 21.7. The number of carbonyl (C=O) groups is 1. The van der Waals surface area contributed by atoms with Crippen LogP contribution in [-0.4, -0.2) is 58.6 Å². The summed E-state index contributed by atoms with van der Waals surface area (Å²) in [4.78, 5) is 21.8. The lowest BCUT2D eigenvalue weighted by Crippen LogP contribution is -2.62. The van der Waals surface area contributed by atoms with Gasteiger partial charge < -0.3 is 24.0 Å². The van der Waals surface area contributed by atoms with E-state index in [1.807, 2.05) is 24.3 Å². The lowest BCUT2D eigenvalue weighted by atomic mass is 9.57. The van der Waals surface area contributed by atoms with Crippen molar-refractivity contribution < 1.29 is 37.1 Å². The summed E-state index contributed by atoms with van der Waals surface area (Å²) in [6, 6.07) is 10.2. The van der Waals surface area contributed by atoms with Crippen LogP contribution in [0.25, 0.3) is 28.2 Å². The fraction of sp³-hybridized carbons (Fsp3) is 0.394. The number of hydrogen-bond donors (Lipinski definition) is 1. The molecule has 0 radical (unpaired) electrons. The highest BCUT2D eigenvalue weighted by Gasteiger charge is 2.51. The van der Waals surface area contributed by atoms with Crippen molar-refractivity contribution in [1.82, 2.24) is 15.1 Å². The third-order valence-corrected chi connectivity index (χ3v) is 9.25. The zero-order chi connectivity index (χ0) is 30.9. The molecule has 0 bridgehead atoms. The molecule has 1 N–H and O–H groups in total. The molecule has 4 fully saturated rings. The molecule has 5 heterocycles. The predicted octanol–water partition coefficient (Wildman–Crippen LogP) is 6.59. The number of aromatic carboxylic acids is 1. The van der Waals surface area contributed by atoms with Crippen LogP contribution in [0, 0.1) is 11.3 Å². The van der Waals surface area contributed by atoms with Gasteiger partial charge in [-0.1, -0.05) is 17.3 Å². The van der Waals surface area contributed by atoms with E-state index >= 15 is 0 Å². The van der Waals surface area contributed by atoms with Crippen LogP contribution in [0.1, 0.15) is 59.1 Å². The molecule has 4 aromatic rings. The first-order valence-corrected chi connectivity index (χ1v) is 15.0. The normalized spacial score (nSPS) is 19.9. The molecular formula is C33H29F3N4O5. The summed E-state index contributed by atoms with van der Waals surface area (Å²) in [5, 5.41) is 14.4. The van der Waals surface area contributed by atoms with Gasteiger partial charge in [0.2, 0.25) is 0 Å². The molecule has 2 aliphatic carbocycles. The van der Waals surface area contributed by atoms with Crippen molar-refractivity contribution in [1.29, 1.82) is 0 Å². The molecule has 232 valence electrons. The molecule has 0 atom stereocenters. The monoisotopic (exact) mass is 618 g/mol. The van der Waals surface area contributed by atoms with Crippen molar-refractivity contribution in [2.24, 2.45) is 11.3 Å². The van der Waals surface area contributed by atoms with Gasteiger partial charge in [0.05, 0.1) is 18.7 Å². The number of alkyl halides is 3. The Morgan fingerprint density at radius 1 is 1.13 bits per heavy atom. The Balaban J connectivity index is 0.974. The van der Waals surface area contributed by atoms with Crippen molar-refractivity contribution in [2.45, 2.75) is 43.9 Å². The topological polar surface area (TPSA) is 111 Å². The second-order valence-corrected chi connectivity index (χ2v) is 12.7. The number of pyridine rings is 2. The zero-order valence-electron chi connectivity index (χ0n) is 24.1. The Bertz CT molecular complexity index is 1830. The molecule has 12 heteroatoms. The molecule has 9 nitrogen and oxygen atoms in total. The molecule has 1 spiro atoms. The van der Waals surface area contributed by atoms with Crippen LogP contribution in [0.4, 0.5) is 18.9 Å². The zero-order valence-corrected chi connectivity index (χ0v) is 24.1. The van der Waals surface area contributed by atoms with Gasteiger partial charge in [-0.3, -0.25) is 4.98 Å². The van der Waals surface area contributed by atoms with Crippen molar-refractivity contribution in [3.63, 3.8) is 0 Å². The second-order valence-electron chi connectivity index (χ2n) is 12.7. The fourth-order valence-corrected chi connectivity index (χ4v) is 6.80. The second kappa shape index (κ2) is 10.3. The Kier molecular flexibility index (Phi) is 6.42. The van der Waals surface area contributed by atoms with Crippen LogP contribution in [-0.2, 0) is 10.9 Å². The number of rotatable bonds is 8. The smallest absolute Gasteiger partial charge is 0.434 e. The number of fused-ring (bicyclic) bond motifs is 1. The molecule has 3 aromatic heterocycles. The lowest BCUT2D eigenvalue weighted by molar-refractivity contribution is -0.140. The third-order valence-electron chi connectivity index (χ3n) is 9.25. The number of ether oxygens (including phenoxy) is 2. The van der Waals surface area contributed by atoms with E-state index in [0.29, 0.717) is 41.7 Å². The van der Waals surface area contributed by atoms with E-state index in [9.17, 15) is 23.1 Å². The summed E-state index contributed by atoms with van der Waals surface area (Å²) in [6.07, 6.45) is 4.25. The molecule has 2 saturated heterocycles. The Morgan fingerprint density at radius 3 is 2.62 bits per heavy atom. The number of carboxylic acids is 1. The van der Waals surface area contributed by atoms with E-state index in [2.05, 4.69) is 26.1 Å². The largest absolute Gasteiger partial charge is 0.485 e. The van der Waals surface area contributed by atoms with Gasteiger partial charge in [-0.2, -0.15) is 13.2 Å². The van der Waals surface area contributed by atoms with Crippen LogP contribution >= 0.6 is 0 Å². The number of aromatic nitrogens is 3. The highest BCUT2D eigenvalue weighted by atomic mass is 19.4. The number of anilines is 1. The quantitative estimate of drug-likeness (QED) is 0.234. The van der Waals surface area contributed by atoms with Crippen molar-refractivity contribution in [3.8, 4) is 17.0 Å². The maximum absolute atomic E-state index is 13.7. The summed E-state index contributed by atoms with van der Waals surface area (Å²) in [5.41, 5.74) is 1.47. The predicted molar refractivity (Wildman–Crippen MR) is 157 cm³/mol. The molecule has 2 aliphatic heterocycles. The van der Waals surface area contributed by atoms with E-state index < -0.39 is 17.8 Å². The molecule has 1 aromatic carbocycles. The first kappa shape index (κ1) is 28.1. The molecule has 0 amide bonds. The van der Waals surface area contributed by atoms with Crippen molar-refractivity contribution in [3.05, 3.63) is 71.4 Å². The van der Waals surface area contributed by atoms with Crippen molar-refractivity contribution in [2.75, 3.05) is 31.2 Å². The van der Waals surface area contributed by atoms with Gasteiger partial charge in [0.1, 0.15) is 23.3 Å². The van der Waals surface area contributed by atoms with Gasteiger partial charge in [0.15, 0.2) is 11.4 Å². The van der Waals surface area contributed by atoms with Gasteiger partial charge in [-0.05, 0) is 61.9 Å². The molecular weight excluding hydrogens is 589 g/mol. The van der Waals surface area contributed by atoms with E-state index in [-0.39, 0.29) is 34.4 Å². The average molecular weight is 619 g/mol. The maximum Gasteiger partial charge on any atom is 0.434 e. The van der Waals surface area contributed by atoms with Gasteiger partial charge in [0, 0.05) is 58.9 Å². The summed E-state index contributed by atoms with van der Waals surface area (Å²) in [6.45, 7) is 2.70. The number of carboxylic acid groups (broad SMARTS) is 1. The highest BCUT2D eigenvalue weighted by Crippen LogP contribution is 2.54. The van der Waals surface area contributed by atoms with Crippen LogP contribution in [0.2, 0.25) is 0 Å². The standard InChI is InChI=1S/C33H29F3N4O5/c34-33(35,36)30-23(2-1-9-37-30)28-22(29(45-39-28)19-4-5-19)7-3-18-12-32(13-18)16-40(17-32)20-6-8-25-24(10-20)27(44-21-14-43-15-21)11-26(38-25)31(41)42/h1-3,6-11,18-19,21H,4-5,12-17H2,(H,41,42)/b7-3+. The minimum absolute atomic E-state index is 0.0641. The molecule has 8 rings (SSSR count). The maximum atomic E-state index is 13.7. The minimum Gasteiger partial charge on any atom is -0.485 e. The van der Waals surface area contributed by atoms with Crippen molar-refractivity contribution >= 4 is 28.6 Å². The number of allylic oxidation sites excluding steroid dienone is 1. The fourth-order valence-electron chi connectivity index (χ4n) is 6.80. The van der Waals surface area contributed by atoms with Crippen LogP contribution in [0.3, 0.4) is 0 Å². The summed E-state index contributed by atoms with van der Waals surface area (Å²) >= 11 is 0. The average Bonchev–Trinajstić information content (AvgIpc) is 3.71. The summed E-state index contributed by atoms with van der Waals surface area (Å²) in [5.74, 6) is 0.519. The van der Waals surface area contributed by atoms with Crippen LogP contribution in [0.15, 0.2) is 53.2 Å². The molecule has 45 heavy (non-hydrogen) atoms. The van der Waals surface area contributed by atoms with Gasteiger partial charge in [0.25, 0.3) is 0 Å². The van der Waals surface area contributed by atoms with E-state index in [0.717, 1.165) is 56.0 Å². The summed E-state index contributed by atoms with van der Waals surface area (Å²) < 4.78 is 58.1. The Labute approximate surface area is 255 Å². The number of nitrogens with zero attached hydrogens (tertiary/aromatic N) is 4. The number of benzene rings is 1. The Hall–Kier alpha value is -4.45. The van der Waals surface area contributed by atoms with Gasteiger partial charge >= 0.3 is 12.1 Å². The number of hydrogen-bond acceptors (Lipinski definition) is 8. The Morgan fingerprint density at radius 2 is 1.93 bits per heavy atom. The molecule has 0 unspecified atom stereocenters. The van der Waals surface area contributed by atoms with E-state index in [4.69, 9.17) is 14.0 Å². The SMILES string of the molecule is O=C(O)c1cc(OC2COC2)c2cc(N3CC4(CC(/C=C/c5c(-c6cccnc6C(F)(F)F)noc5C5CC5)C4)C3)ccc2n1. The molecule has 2 saturated carbocycles. The minimum atomic E-state index is -4.60. The van der Waals surface area contributed by atoms with E-state index in [1.54, 1.807) is 0 Å². The van der Waals surface area contributed by atoms with Gasteiger partial charge in [-0.25, -0.2) is 9.78 Å². The van der Waals surface area contributed by atoms with Crippen LogP contribution < -0.4 is 9.64 Å². The van der Waals surface area contributed by atoms with E-state index in [1.165, 1.54) is 18.2 Å². The summed E-state index contributed by atoms with van der Waals surface area (Å²) in [7, 11) is 0. The molecule has 4 aliphatic rings. The lowest BCUT2D eigenvalue weighted by Gasteiger charge is -2.59. The number of halogens is 3. The van der Waals surface area contributed by atoms with Gasteiger partial charge in [-0.15, -0.1) is 0 Å². The highest BCUT2D eigenvalue weighted by molar-refractivity contribution is 5.94.